The number of likely N-dealkylation sites (tertiary alicyclic amines) is 1. The van der Waals surface area contributed by atoms with Crippen molar-refractivity contribution in [2.24, 2.45) is 0 Å². The highest BCUT2D eigenvalue weighted by Crippen LogP contribution is 2.53. The minimum absolute atomic E-state index is 0.0353. The van der Waals surface area contributed by atoms with E-state index in [2.05, 4.69) is 0 Å². The van der Waals surface area contributed by atoms with Gasteiger partial charge in [0.15, 0.2) is 5.54 Å². The van der Waals surface area contributed by atoms with E-state index in [1.807, 2.05) is 0 Å². The number of halogens is 1. The van der Waals surface area contributed by atoms with E-state index in [9.17, 15) is 23.9 Å². The third kappa shape index (κ3) is 3.53. The van der Waals surface area contributed by atoms with Crippen LogP contribution in [-0.4, -0.2) is 74.0 Å². The molecule has 36 heavy (non-hydrogen) atoms. The topological polar surface area (TPSA) is 91.6 Å². The fourth-order valence-electron chi connectivity index (χ4n) is 5.55. The molecule has 2 fully saturated rings. The average Bonchev–Trinajstić information content (AvgIpc) is 3.24. The van der Waals surface area contributed by atoms with Crippen LogP contribution in [0.15, 0.2) is 48.0 Å². The molecule has 0 radical (unpaired) electrons. The van der Waals surface area contributed by atoms with E-state index < -0.39 is 34.7 Å². The number of Topliss-reactive ketones (excluding diaryl/α,β-unsaturated/α-hetero) is 1. The molecule has 9 heteroatoms. The van der Waals surface area contributed by atoms with Crippen LogP contribution in [0.3, 0.4) is 0 Å². The van der Waals surface area contributed by atoms with Gasteiger partial charge in [-0.2, -0.15) is 0 Å². The molecule has 188 valence electrons. The number of likely N-dealkylation sites (N-methyl/N-ethyl adjacent to an activating group) is 1. The number of carbonyl (C=O) groups is 3. The van der Waals surface area contributed by atoms with E-state index in [4.69, 9.17) is 4.74 Å². The maximum Gasteiger partial charge on any atom is 0.296 e. The van der Waals surface area contributed by atoms with Crippen LogP contribution in [0.2, 0.25) is 0 Å². The second-order valence-corrected chi connectivity index (χ2v) is 9.53. The van der Waals surface area contributed by atoms with Crippen molar-refractivity contribution < 1.29 is 33.5 Å². The van der Waals surface area contributed by atoms with E-state index in [-0.39, 0.29) is 17.7 Å². The zero-order chi connectivity index (χ0) is 25.6. The highest BCUT2D eigenvalue weighted by Gasteiger charge is 2.66. The number of ketones is 1. The number of hydrogen-bond acceptors (Lipinski definition) is 5. The van der Waals surface area contributed by atoms with Crippen LogP contribution in [-0.2, 0) is 24.7 Å². The first-order valence-corrected chi connectivity index (χ1v) is 12.1. The highest BCUT2D eigenvalue weighted by atomic mass is 19.1. The number of para-hydroxylation sites is 1. The van der Waals surface area contributed by atoms with Crippen LogP contribution in [0.5, 0.6) is 0 Å². The minimum Gasteiger partial charge on any atom is -0.507 e. The number of amides is 2. The molecule has 0 aromatic heterocycles. The molecule has 8 nitrogen and oxygen atoms in total. The Balaban J connectivity index is 1.64. The van der Waals surface area contributed by atoms with E-state index in [1.165, 1.54) is 26.8 Å². The van der Waals surface area contributed by atoms with Crippen molar-refractivity contribution in [1.82, 2.24) is 4.90 Å². The molecule has 1 spiro atoms. The summed E-state index contributed by atoms with van der Waals surface area (Å²) in [6, 6.07) is 11.0. The number of ether oxygens (including phenoxy) is 1. The number of hydrogen-bond donors (Lipinski definition) is 2. The van der Waals surface area contributed by atoms with Crippen LogP contribution >= 0.6 is 0 Å². The molecule has 0 bridgehead atoms. The monoisotopic (exact) mass is 494 g/mol. The van der Waals surface area contributed by atoms with Gasteiger partial charge in [-0.25, -0.2) is 4.39 Å². The largest absolute Gasteiger partial charge is 0.507 e. The van der Waals surface area contributed by atoms with Crippen LogP contribution in [0, 0.1) is 12.7 Å². The number of aliphatic hydroxyl groups excluding tert-OH is 1. The number of morpholine rings is 1. The zero-order valence-electron chi connectivity index (χ0n) is 20.3. The second-order valence-electron chi connectivity index (χ2n) is 9.53. The quantitative estimate of drug-likeness (QED) is 0.368. The molecule has 3 aliphatic heterocycles. The number of nitrogens with zero attached hydrogens (tertiary/aromatic N) is 2. The van der Waals surface area contributed by atoms with E-state index in [1.54, 1.807) is 38.2 Å². The highest BCUT2D eigenvalue weighted by molar-refractivity contribution is 6.50. The lowest BCUT2D eigenvalue weighted by Gasteiger charge is -2.34. The van der Waals surface area contributed by atoms with Crippen molar-refractivity contribution in [3.05, 3.63) is 70.5 Å². The Morgan fingerprint density at radius 1 is 1.14 bits per heavy atom. The van der Waals surface area contributed by atoms with Crippen molar-refractivity contribution >= 4 is 29.0 Å². The predicted octanol–water partition coefficient (Wildman–Crippen LogP) is 0.992. The molecular weight excluding hydrogens is 465 g/mol. The number of rotatable bonds is 5. The molecule has 2 amide bonds. The lowest BCUT2D eigenvalue weighted by molar-refractivity contribution is -0.908. The van der Waals surface area contributed by atoms with Gasteiger partial charge < -0.3 is 24.5 Å². The fraction of sp³-hybridized carbons (Fsp3) is 0.370. The third-order valence-electron chi connectivity index (χ3n) is 7.50. The third-order valence-corrected chi connectivity index (χ3v) is 7.50. The maximum atomic E-state index is 14.4. The van der Waals surface area contributed by atoms with Gasteiger partial charge in [0.1, 0.15) is 24.7 Å². The molecule has 0 unspecified atom stereocenters. The molecule has 1 atom stereocenters. The number of aliphatic hydroxyl groups is 1. The van der Waals surface area contributed by atoms with Gasteiger partial charge in [0.05, 0.1) is 25.3 Å². The van der Waals surface area contributed by atoms with Crippen LogP contribution < -0.4 is 9.80 Å². The molecule has 2 saturated heterocycles. The summed E-state index contributed by atoms with van der Waals surface area (Å²) in [5, 5.41) is 11.4. The van der Waals surface area contributed by atoms with Gasteiger partial charge >= 0.3 is 0 Å². The van der Waals surface area contributed by atoms with Crippen molar-refractivity contribution in [3.63, 3.8) is 0 Å². The Morgan fingerprint density at radius 2 is 1.86 bits per heavy atom. The molecule has 2 aromatic carbocycles. The van der Waals surface area contributed by atoms with Gasteiger partial charge in [0.2, 0.25) is 0 Å². The smallest absolute Gasteiger partial charge is 0.296 e. The van der Waals surface area contributed by atoms with Gasteiger partial charge in [-0.15, -0.1) is 0 Å². The first-order valence-electron chi connectivity index (χ1n) is 12.1. The molecule has 2 aromatic rings. The summed E-state index contributed by atoms with van der Waals surface area (Å²) in [7, 11) is 1.58. The Bertz CT molecular complexity index is 1290. The van der Waals surface area contributed by atoms with Crippen LogP contribution in [0.25, 0.3) is 5.76 Å². The first-order chi connectivity index (χ1) is 17.3. The maximum absolute atomic E-state index is 14.4. The number of benzene rings is 2. The van der Waals surface area contributed by atoms with Crippen molar-refractivity contribution in [1.29, 1.82) is 0 Å². The standard InChI is InChI=1S/C27H28FN3O5/c1-17-8-9-18(16-20(17)28)23(32)22-24(33)25(34)31(11-5-10-30-12-14-36-15-13-30)27(22)19-6-3-4-7-21(19)29(2)26(27)35/h3-4,6-9,16,32H,5,10-15H2,1-2H3/p+1/t27-/m0/s1. The SMILES string of the molecule is Cc1ccc(C(O)=C2C(=O)C(=O)N(CCC[NH+]3CCOCC3)[C@]23C(=O)N(C)c2ccccc23)cc1F. The van der Waals surface area contributed by atoms with E-state index in [0.717, 1.165) is 25.7 Å². The Kier molecular flexibility index (Phi) is 6.13. The zero-order valence-corrected chi connectivity index (χ0v) is 20.3. The Morgan fingerprint density at radius 3 is 2.58 bits per heavy atom. The predicted molar refractivity (Wildman–Crippen MR) is 130 cm³/mol. The summed E-state index contributed by atoms with van der Waals surface area (Å²) in [6.07, 6.45) is 0.558. The molecule has 3 aliphatic rings. The van der Waals surface area contributed by atoms with Crippen molar-refractivity contribution in [2.45, 2.75) is 18.9 Å². The molecule has 0 aliphatic carbocycles. The molecular formula is C27H29FN3O5+. The van der Waals surface area contributed by atoms with Gasteiger partial charge in [0.25, 0.3) is 17.6 Å². The number of aryl methyl sites for hydroxylation is 1. The molecule has 5 rings (SSSR count). The van der Waals surface area contributed by atoms with E-state index >= 15 is 0 Å². The van der Waals surface area contributed by atoms with E-state index in [0.29, 0.717) is 36.4 Å². The summed E-state index contributed by atoms with van der Waals surface area (Å²) in [5.74, 6) is -3.43. The number of nitrogens with one attached hydrogen (secondary N) is 1. The molecule has 2 N–H and O–H groups in total. The van der Waals surface area contributed by atoms with Crippen molar-refractivity contribution in [2.75, 3.05) is 51.3 Å². The summed E-state index contributed by atoms with van der Waals surface area (Å²) in [6.45, 7) is 5.54. The van der Waals surface area contributed by atoms with Crippen molar-refractivity contribution in [3.8, 4) is 0 Å². The Hall–Kier alpha value is -3.56. The average molecular weight is 495 g/mol. The first kappa shape index (κ1) is 24.1. The van der Waals surface area contributed by atoms with Crippen LogP contribution in [0.4, 0.5) is 10.1 Å². The summed E-state index contributed by atoms with van der Waals surface area (Å²) >= 11 is 0. The lowest BCUT2D eigenvalue weighted by atomic mass is 9.81. The minimum atomic E-state index is -1.81. The summed E-state index contributed by atoms with van der Waals surface area (Å²) in [5.41, 5.74) is -0.733. The number of quaternary nitrogens is 1. The molecule has 0 saturated carbocycles. The van der Waals surface area contributed by atoms with Gasteiger partial charge in [0, 0.05) is 36.8 Å². The number of anilines is 1. The lowest BCUT2D eigenvalue weighted by Crippen LogP contribution is -3.14. The van der Waals surface area contributed by atoms with Gasteiger partial charge in [-0.05, 0) is 24.6 Å². The van der Waals surface area contributed by atoms with Crippen LogP contribution in [0.1, 0.15) is 23.1 Å². The number of fused-ring (bicyclic) bond motifs is 2. The second kappa shape index (κ2) is 9.15. The molecule has 3 heterocycles. The number of carbonyl (C=O) groups excluding carboxylic acids is 3. The van der Waals surface area contributed by atoms with Gasteiger partial charge in [-0.1, -0.05) is 30.3 Å². The normalized spacial score (nSPS) is 23.7. The summed E-state index contributed by atoms with van der Waals surface area (Å²) < 4.78 is 19.8. The summed E-state index contributed by atoms with van der Waals surface area (Å²) in [4.78, 5) is 44.9. The fourth-order valence-corrected chi connectivity index (χ4v) is 5.55. The van der Waals surface area contributed by atoms with Gasteiger partial charge in [-0.3, -0.25) is 14.4 Å². The Labute approximate surface area is 208 Å².